The van der Waals surface area contributed by atoms with Crippen LogP contribution in [0.15, 0.2) is 11.4 Å². The fourth-order valence-corrected chi connectivity index (χ4v) is 2.17. The van der Waals surface area contributed by atoms with Crippen molar-refractivity contribution in [2.75, 3.05) is 7.11 Å². The minimum atomic E-state index is -0.380. The number of rotatable bonds is 4. The number of aliphatic hydroxyl groups is 1. The molecule has 0 aliphatic carbocycles. The van der Waals surface area contributed by atoms with E-state index in [1.807, 2.05) is 25.3 Å². The number of hydrogen-bond acceptors (Lipinski definition) is 3. The van der Waals surface area contributed by atoms with Crippen LogP contribution in [-0.2, 0) is 4.74 Å². The van der Waals surface area contributed by atoms with Crippen molar-refractivity contribution >= 4 is 11.3 Å². The Hall–Kier alpha value is -0.380. The topological polar surface area (TPSA) is 29.5 Å². The monoisotopic (exact) mass is 200 g/mol. The lowest BCUT2D eigenvalue weighted by Gasteiger charge is -2.14. The summed E-state index contributed by atoms with van der Waals surface area (Å²) < 4.78 is 5.10. The lowest BCUT2D eigenvalue weighted by molar-refractivity contribution is 0.0571. The molecule has 0 bridgehead atoms. The molecule has 1 aromatic heterocycles. The zero-order valence-corrected chi connectivity index (χ0v) is 9.10. The summed E-state index contributed by atoms with van der Waals surface area (Å²) in [5.41, 5.74) is 1.17. The first-order valence-electron chi connectivity index (χ1n) is 4.40. The number of ether oxygens (including phenoxy) is 1. The molecule has 0 saturated heterocycles. The molecular formula is C10H16O2S. The van der Waals surface area contributed by atoms with Gasteiger partial charge in [0, 0.05) is 18.4 Å². The zero-order valence-electron chi connectivity index (χ0n) is 8.28. The smallest absolute Gasteiger partial charge is 0.0909 e. The van der Waals surface area contributed by atoms with Crippen molar-refractivity contribution in [3.05, 3.63) is 21.9 Å². The van der Waals surface area contributed by atoms with Crippen molar-refractivity contribution in [2.45, 2.75) is 32.5 Å². The van der Waals surface area contributed by atoms with Gasteiger partial charge in [-0.25, -0.2) is 0 Å². The Bertz CT molecular complexity index is 257. The Morgan fingerprint density at radius 2 is 2.31 bits per heavy atom. The molecule has 0 aliphatic heterocycles. The first-order chi connectivity index (χ1) is 6.15. The highest BCUT2D eigenvalue weighted by Gasteiger charge is 2.14. The third-order valence-electron chi connectivity index (χ3n) is 2.16. The predicted molar refractivity (Wildman–Crippen MR) is 55.1 cm³/mol. The largest absolute Gasteiger partial charge is 0.387 e. The van der Waals surface area contributed by atoms with Crippen LogP contribution in [0.2, 0.25) is 0 Å². The highest BCUT2D eigenvalue weighted by molar-refractivity contribution is 7.10. The maximum atomic E-state index is 9.82. The molecule has 1 aromatic rings. The van der Waals surface area contributed by atoms with Crippen LogP contribution in [0.1, 0.15) is 29.9 Å². The van der Waals surface area contributed by atoms with E-state index in [4.69, 9.17) is 4.74 Å². The van der Waals surface area contributed by atoms with E-state index in [1.165, 1.54) is 5.56 Å². The van der Waals surface area contributed by atoms with Gasteiger partial charge in [0.25, 0.3) is 0 Å². The molecule has 0 aromatic carbocycles. The number of aryl methyl sites for hydroxylation is 1. The predicted octanol–water partition coefficient (Wildman–Crippen LogP) is 2.51. The average Bonchev–Trinajstić information content (AvgIpc) is 2.51. The van der Waals surface area contributed by atoms with Crippen molar-refractivity contribution in [1.82, 2.24) is 0 Å². The highest BCUT2D eigenvalue weighted by Crippen LogP contribution is 2.27. The summed E-state index contributed by atoms with van der Waals surface area (Å²) in [5, 5.41) is 11.8. The summed E-state index contributed by atoms with van der Waals surface area (Å²) in [4.78, 5) is 1.06. The molecule has 1 rings (SSSR count). The van der Waals surface area contributed by atoms with Crippen molar-refractivity contribution in [1.29, 1.82) is 0 Å². The minimum Gasteiger partial charge on any atom is -0.387 e. The Morgan fingerprint density at radius 3 is 2.77 bits per heavy atom. The van der Waals surface area contributed by atoms with E-state index in [-0.39, 0.29) is 12.2 Å². The van der Waals surface area contributed by atoms with Crippen molar-refractivity contribution < 1.29 is 9.84 Å². The Balaban J connectivity index is 2.58. The molecule has 0 fully saturated rings. The Labute approximate surface area is 83.2 Å². The molecule has 0 radical (unpaired) electrons. The van der Waals surface area contributed by atoms with E-state index >= 15 is 0 Å². The van der Waals surface area contributed by atoms with Crippen LogP contribution in [0.5, 0.6) is 0 Å². The van der Waals surface area contributed by atoms with Gasteiger partial charge in [-0.05, 0) is 30.9 Å². The van der Waals surface area contributed by atoms with Crippen LogP contribution in [0.3, 0.4) is 0 Å². The lowest BCUT2D eigenvalue weighted by Crippen LogP contribution is -2.10. The van der Waals surface area contributed by atoms with E-state index < -0.39 is 0 Å². The van der Waals surface area contributed by atoms with Gasteiger partial charge in [0.15, 0.2) is 0 Å². The Morgan fingerprint density at radius 1 is 1.62 bits per heavy atom. The van der Waals surface area contributed by atoms with Gasteiger partial charge in [0.1, 0.15) is 0 Å². The van der Waals surface area contributed by atoms with Crippen molar-refractivity contribution in [2.24, 2.45) is 0 Å². The standard InChI is InChI=1S/C10H16O2S/c1-7-4-5-13-10(7)9(11)6-8(2)12-3/h4-5,8-9,11H,6H2,1-3H3. The quantitative estimate of drug-likeness (QED) is 0.809. The van der Waals surface area contributed by atoms with Gasteiger partial charge in [-0.1, -0.05) is 0 Å². The van der Waals surface area contributed by atoms with E-state index in [0.717, 1.165) is 4.88 Å². The summed E-state index contributed by atoms with van der Waals surface area (Å²) in [7, 11) is 1.67. The van der Waals surface area contributed by atoms with Crippen LogP contribution in [0.25, 0.3) is 0 Å². The maximum Gasteiger partial charge on any atom is 0.0909 e. The van der Waals surface area contributed by atoms with Gasteiger partial charge in [-0.15, -0.1) is 11.3 Å². The van der Waals surface area contributed by atoms with Crippen LogP contribution in [-0.4, -0.2) is 18.3 Å². The lowest BCUT2D eigenvalue weighted by atomic mass is 10.1. The summed E-state index contributed by atoms with van der Waals surface area (Å²) >= 11 is 1.60. The van der Waals surface area contributed by atoms with E-state index in [2.05, 4.69) is 0 Å². The fraction of sp³-hybridized carbons (Fsp3) is 0.600. The minimum absolute atomic E-state index is 0.108. The van der Waals surface area contributed by atoms with Crippen LogP contribution in [0.4, 0.5) is 0 Å². The summed E-state index contributed by atoms with van der Waals surface area (Å²) in [6.45, 7) is 3.98. The summed E-state index contributed by atoms with van der Waals surface area (Å²) in [6.07, 6.45) is 0.393. The number of aliphatic hydroxyl groups excluding tert-OH is 1. The number of thiophene rings is 1. The third-order valence-corrected chi connectivity index (χ3v) is 3.28. The number of methoxy groups -OCH3 is 1. The van der Waals surface area contributed by atoms with Gasteiger partial charge in [0.2, 0.25) is 0 Å². The van der Waals surface area contributed by atoms with Gasteiger partial charge in [-0.2, -0.15) is 0 Å². The molecule has 2 unspecified atom stereocenters. The molecule has 2 atom stereocenters. The van der Waals surface area contributed by atoms with Gasteiger partial charge < -0.3 is 9.84 Å². The SMILES string of the molecule is COC(C)CC(O)c1sccc1C. The zero-order chi connectivity index (χ0) is 9.84. The Kier molecular flexibility index (Phi) is 3.90. The van der Waals surface area contributed by atoms with E-state index in [0.29, 0.717) is 6.42 Å². The van der Waals surface area contributed by atoms with Crippen LogP contribution in [0, 0.1) is 6.92 Å². The molecule has 0 aliphatic rings. The molecule has 13 heavy (non-hydrogen) atoms. The van der Waals surface area contributed by atoms with Gasteiger partial charge in [0.05, 0.1) is 12.2 Å². The average molecular weight is 200 g/mol. The second-order valence-electron chi connectivity index (χ2n) is 3.27. The van der Waals surface area contributed by atoms with Gasteiger partial charge in [-0.3, -0.25) is 0 Å². The summed E-state index contributed by atoms with van der Waals surface area (Å²) in [6, 6.07) is 2.03. The third kappa shape index (κ3) is 2.79. The molecule has 0 amide bonds. The molecule has 0 saturated carbocycles. The molecule has 3 heteroatoms. The molecule has 1 heterocycles. The van der Waals surface area contributed by atoms with E-state index in [9.17, 15) is 5.11 Å². The van der Waals surface area contributed by atoms with Crippen molar-refractivity contribution in [3.63, 3.8) is 0 Å². The second-order valence-corrected chi connectivity index (χ2v) is 4.21. The van der Waals surface area contributed by atoms with Crippen LogP contribution >= 0.6 is 11.3 Å². The summed E-state index contributed by atoms with van der Waals surface area (Å²) in [5.74, 6) is 0. The fourth-order valence-electron chi connectivity index (χ4n) is 1.24. The van der Waals surface area contributed by atoms with E-state index in [1.54, 1.807) is 18.4 Å². The highest BCUT2D eigenvalue weighted by atomic mass is 32.1. The molecule has 0 spiro atoms. The first-order valence-corrected chi connectivity index (χ1v) is 5.28. The molecule has 74 valence electrons. The van der Waals surface area contributed by atoms with Crippen molar-refractivity contribution in [3.8, 4) is 0 Å². The molecule has 2 nitrogen and oxygen atoms in total. The normalized spacial score (nSPS) is 15.7. The second kappa shape index (κ2) is 4.74. The van der Waals surface area contributed by atoms with Gasteiger partial charge >= 0.3 is 0 Å². The number of hydrogen-bond donors (Lipinski definition) is 1. The first kappa shape index (κ1) is 10.7. The van der Waals surface area contributed by atoms with Crippen LogP contribution < -0.4 is 0 Å². The molecule has 1 N–H and O–H groups in total. The maximum absolute atomic E-state index is 9.82. The molecular weight excluding hydrogens is 184 g/mol.